The van der Waals surface area contributed by atoms with Crippen LogP contribution >= 0.6 is 0 Å². The number of ether oxygens (including phenoxy) is 3. The zero-order chi connectivity index (χ0) is 25.0. The van der Waals surface area contributed by atoms with Crippen molar-refractivity contribution in [2.24, 2.45) is 0 Å². The number of nitrogens with zero attached hydrogens (tertiary/aromatic N) is 2. The second-order valence-corrected chi connectivity index (χ2v) is 9.94. The van der Waals surface area contributed by atoms with Gasteiger partial charge in [0.15, 0.2) is 0 Å². The standard InChI is InChI=1S/C27H39N3O5/c1-27(26(32)28-19-11-8-6-5-7-9-12-19)18-29-21(25(31)30(27)15-10-16-33-2)17-20-22(34-3)13-14-23(35-4)24(20)29/h13-14,17,19H,5-12,15-16,18H2,1-4H3,(H,28,32)/t27-/m0/s1. The number of nitrogens with one attached hydrogen (secondary N) is 1. The predicted molar refractivity (Wildman–Crippen MR) is 135 cm³/mol. The molecule has 2 amide bonds. The molecule has 0 spiro atoms. The maximum atomic E-state index is 13.9. The third-order valence-corrected chi connectivity index (χ3v) is 7.61. The van der Waals surface area contributed by atoms with E-state index in [0.29, 0.717) is 43.3 Å². The minimum atomic E-state index is -1.04. The van der Waals surface area contributed by atoms with Crippen molar-refractivity contribution in [2.75, 3.05) is 34.5 Å². The third-order valence-electron chi connectivity index (χ3n) is 7.61. The lowest BCUT2D eigenvalue weighted by Gasteiger charge is -2.44. The van der Waals surface area contributed by atoms with E-state index in [0.717, 1.165) is 36.6 Å². The van der Waals surface area contributed by atoms with E-state index in [-0.39, 0.29) is 17.9 Å². The van der Waals surface area contributed by atoms with Crippen LogP contribution in [0.5, 0.6) is 11.5 Å². The van der Waals surface area contributed by atoms with Gasteiger partial charge in [0.05, 0.1) is 26.3 Å². The summed E-state index contributed by atoms with van der Waals surface area (Å²) in [5.74, 6) is 1.06. The highest BCUT2D eigenvalue weighted by molar-refractivity contribution is 6.05. The molecule has 0 unspecified atom stereocenters. The fraction of sp³-hybridized carbons (Fsp3) is 0.630. The topological polar surface area (TPSA) is 82.0 Å². The van der Waals surface area contributed by atoms with Crippen molar-refractivity contribution in [1.82, 2.24) is 14.8 Å². The molecule has 1 aromatic carbocycles. The van der Waals surface area contributed by atoms with Crippen LogP contribution in [0.2, 0.25) is 0 Å². The Kier molecular flexibility index (Phi) is 7.89. The highest BCUT2D eigenvalue weighted by Gasteiger charge is 2.48. The average Bonchev–Trinajstić information content (AvgIpc) is 3.21. The van der Waals surface area contributed by atoms with E-state index in [2.05, 4.69) is 5.32 Å². The zero-order valence-electron chi connectivity index (χ0n) is 21.5. The molecule has 4 rings (SSSR count). The Hall–Kier alpha value is -2.74. The van der Waals surface area contributed by atoms with Gasteiger partial charge < -0.3 is 29.0 Å². The van der Waals surface area contributed by atoms with E-state index in [1.807, 2.05) is 29.7 Å². The van der Waals surface area contributed by atoms with Gasteiger partial charge in [0.1, 0.15) is 22.7 Å². The van der Waals surface area contributed by atoms with Crippen molar-refractivity contribution in [3.05, 3.63) is 23.9 Å². The molecule has 0 bridgehead atoms. The van der Waals surface area contributed by atoms with E-state index in [4.69, 9.17) is 14.2 Å². The average molecular weight is 486 g/mol. The minimum Gasteiger partial charge on any atom is -0.496 e. The number of carbonyl (C=O) groups is 2. The summed E-state index contributed by atoms with van der Waals surface area (Å²) in [6.45, 7) is 3.19. The molecule has 2 aliphatic rings. The van der Waals surface area contributed by atoms with Crippen LogP contribution in [0.3, 0.4) is 0 Å². The molecule has 8 heteroatoms. The van der Waals surface area contributed by atoms with Crippen LogP contribution in [0, 0.1) is 0 Å². The van der Waals surface area contributed by atoms with Crippen molar-refractivity contribution in [3.63, 3.8) is 0 Å². The summed E-state index contributed by atoms with van der Waals surface area (Å²) in [5.41, 5.74) is 0.272. The molecule has 0 radical (unpaired) electrons. The highest BCUT2D eigenvalue weighted by Crippen LogP contribution is 2.40. The van der Waals surface area contributed by atoms with Gasteiger partial charge in [-0.1, -0.05) is 32.1 Å². The number of methoxy groups -OCH3 is 3. The summed E-state index contributed by atoms with van der Waals surface area (Å²) in [6, 6.07) is 5.69. The van der Waals surface area contributed by atoms with Gasteiger partial charge >= 0.3 is 0 Å². The van der Waals surface area contributed by atoms with Crippen LogP contribution in [-0.2, 0) is 16.1 Å². The molecule has 1 atom stereocenters. The fourth-order valence-electron chi connectivity index (χ4n) is 5.61. The SMILES string of the molecule is COCCCN1C(=O)c2cc3c(OC)ccc(OC)c3n2C[C@@]1(C)C(=O)NC1CCCCCCC1. The number of carbonyl (C=O) groups excluding carboxylic acids is 2. The Bertz CT molecular complexity index is 1060. The van der Waals surface area contributed by atoms with Crippen LogP contribution in [-0.4, -0.2) is 67.3 Å². The van der Waals surface area contributed by atoms with Gasteiger partial charge in [0.2, 0.25) is 5.91 Å². The van der Waals surface area contributed by atoms with E-state index in [9.17, 15) is 9.59 Å². The third kappa shape index (κ3) is 4.85. The zero-order valence-corrected chi connectivity index (χ0v) is 21.5. The lowest BCUT2D eigenvalue weighted by molar-refractivity contribution is -0.133. The van der Waals surface area contributed by atoms with Gasteiger partial charge in [-0.15, -0.1) is 0 Å². The van der Waals surface area contributed by atoms with E-state index in [1.165, 1.54) is 19.3 Å². The molecule has 192 valence electrons. The first-order valence-electron chi connectivity index (χ1n) is 12.8. The lowest BCUT2D eigenvalue weighted by atomic mass is 9.92. The summed E-state index contributed by atoms with van der Waals surface area (Å²) in [7, 11) is 4.88. The first kappa shape index (κ1) is 25.4. The van der Waals surface area contributed by atoms with Crippen LogP contribution < -0.4 is 14.8 Å². The number of rotatable bonds is 8. The molecule has 35 heavy (non-hydrogen) atoms. The summed E-state index contributed by atoms with van der Waals surface area (Å²) >= 11 is 0. The molecule has 1 N–H and O–H groups in total. The van der Waals surface area contributed by atoms with Gasteiger partial charge in [-0.2, -0.15) is 0 Å². The molecule has 1 aliphatic heterocycles. The second kappa shape index (κ2) is 10.9. The Morgan fingerprint density at radius 2 is 1.71 bits per heavy atom. The maximum absolute atomic E-state index is 13.9. The van der Waals surface area contributed by atoms with Crippen LogP contribution in [0.25, 0.3) is 10.9 Å². The van der Waals surface area contributed by atoms with Gasteiger partial charge in [-0.05, 0) is 44.4 Å². The molecule has 1 aliphatic carbocycles. The monoisotopic (exact) mass is 485 g/mol. The predicted octanol–water partition coefficient (Wildman–Crippen LogP) is 4.14. The summed E-state index contributed by atoms with van der Waals surface area (Å²) < 4.78 is 18.4. The lowest BCUT2D eigenvalue weighted by Crippen LogP contribution is -2.65. The molecular weight excluding hydrogens is 446 g/mol. The molecular formula is C27H39N3O5. The van der Waals surface area contributed by atoms with Crippen molar-refractivity contribution in [1.29, 1.82) is 0 Å². The number of hydrogen-bond acceptors (Lipinski definition) is 5. The second-order valence-electron chi connectivity index (χ2n) is 9.94. The van der Waals surface area contributed by atoms with Crippen molar-refractivity contribution in [3.8, 4) is 11.5 Å². The number of fused-ring (bicyclic) bond motifs is 3. The Morgan fingerprint density at radius 1 is 1.06 bits per heavy atom. The quantitative estimate of drug-likeness (QED) is 0.569. The molecule has 1 fully saturated rings. The van der Waals surface area contributed by atoms with E-state index in [1.54, 1.807) is 26.2 Å². The van der Waals surface area contributed by atoms with Gasteiger partial charge in [-0.3, -0.25) is 9.59 Å². The van der Waals surface area contributed by atoms with Crippen LogP contribution in [0.1, 0.15) is 68.8 Å². The molecule has 2 aromatic rings. The maximum Gasteiger partial charge on any atom is 0.271 e. The molecule has 1 aromatic heterocycles. The van der Waals surface area contributed by atoms with Gasteiger partial charge in [0, 0.05) is 31.7 Å². The number of benzene rings is 1. The van der Waals surface area contributed by atoms with Crippen molar-refractivity contribution >= 4 is 22.7 Å². The highest BCUT2D eigenvalue weighted by atomic mass is 16.5. The molecule has 2 heterocycles. The summed E-state index contributed by atoms with van der Waals surface area (Å²) in [5, 5.41) is 4.13. The van der Waals surface area contributed by atoms with Crippen molar-refractivity contribution in [2.45, 2.75) is 76.4 Å². The number of aromatic nitrogens is 1. The van der Waals surface area contributed by atoms with Crippen LogP contribution in [0.15, 0.2) is 18.2 Å². The first-order valence-corrected chi connectivity index (χ1v) is 12.8. The minimum absolute atomic E-state index is 0.0943. The van der Waals surface area contributed by atoms with Gasteiger partial charge in [-0.25, -0.2) is 0 Å². The largest absolute Gasteiger partial charge is 0.496 e. The molecule has 0 saturated heterocycles. The summed E-state index contributed by atoms with van der Waals surface area (Å²) in [6.07, 6.45) is 8.58. The van der Waals surface area contributed by atoms with E-state index < -0.39 is 5.54 Å². The Balaban J connectivity index is 1.74. The fourth-order valence-corrected chi connectivity index (χ4v) is 5.61. The molecule has 1 saturated carbocycles. The van der Waals surface area contributed by atoms with Gasteiger partial charge in [0.25, 0.3) is 5.91 Å². The first-order chi connectivity index (χ1) is 16.9. The molecule has 8 nitrogen and oxygen atoms in total. The van der Waals surface area contributed by atoms with E-state index >= 15 is 0 Å². The normalized spacial score (nSPS) is 21.4. The Morgan fingerprint density at radius 3 is 2.37 bits per heavy atom. The summed E-state index contributed by atoms with van der Waals surface area (Å²) in [4.78, 5) is 29.5. The smallest absolute Gasteiger partial charge is 0.271 e. The van der Waals surface area contributed by atoms with Crippen molar-refractivity contribution < 1.29 is 23.8 Å². The number of hydrogen-bond donors (Lipinski definition) is 1. The van der Waals surface area contributed by atoms with Crippen LogP contribution in [0.4, 0.5) is 0 Å². The number of amides is 2. The Labute approximate surface area is 207 Å².